The second-order valence-corrected chi connectivity index (χ2v) is 8.66. The number of rotatable bonds is 7. The molecule has 1 aliphatic carbocycles. The number of carbonyl (C=O) groups is 1. The molecule has 0 bridgehead atoms. The average Bonchev–Trinajstić information content (AvgIpc) is 2.82. The molecule has 3 aromatic carbocycles. The molecule has 158 valence electrons. The molecule has 0 saturated carbocycles. The Morgan fingerprint density at radius 2 is 1.61 bits per heavy atom. The normalized spacial score (nSPS) is 14.6. The first-order chi connectivity index (χ1) is 15.1. The summed E-state index contributed by atoms with van der Waals surface area (Å²) in [5, 5.41) is 3.94. The average molecular weight is 436 g/mol. The molecule has 0 amide bonds. The monoisotopic (exact) mass is 435 g/mol. The minimum absolute atomic E-state index is 0.0358. The molecule has 3 aromatic rings. The van der Waals surface area contributed by atoms with E-state index in [9.17, 15) is 13.2 Å². The van der Waals surface area contributed by atoms with Crippen molar-refractivity contribution < 1.29 is 22.2 Å². The van der Waals surface area contributed by atoms with Gasteiger partial charge in [-0.3, -0.25) is 9.08 Å². The standard InChI is InChI=1S/C24H21NO5S/c26-16-22-20-12-7-13-23(25-30-31(27,28)19-10-5-2-6-11-19)21(20)14-15-24(22)29-17-18-8-3-1-4-9-18/h1-6,8-11,14-16H,7,12-13,17H2. The zero-order valence-electron chi connectivity index (χ0n) is 16.7. The minimum Gasteiger partial charge on any atom is -0.488 e. The summed E-state index contributed by atoms with van der Waals surface area (Å²) in [6.45, 7) is 0.347. The number of nitrogens with zero attached hydrogens (tertiary/aromatic N) is 1. The van der Waals surface area contributed by atoms with Gasteiger partial charge >= 0.3 is 10.1 Å². The highest BCUT2D eigenvalue weighted by Crippen LogP contribution is 2.31. The molecule has 0 spiro atoms. The van der Waals surface area contributed by atoms with Gasteiger partial charge in [0.25, 0.3) is 0 Å². The smallest absolute Gasteiger partial charge is 0.358 e. The molecule has 0 radical (unpaired) electrons. The highest BCUT2D eigenvalue weighted by Gasteiger charge is 2.23. The maximum Gasteiger partial charge on any atom is 0.358 e. The Morgan fingerprint density at radius 3 is 2.32 bits per heavy atom. The van der Waals surface area contributed by atoms with Gasteiger partial charge in [-0.1, -0.05) is 53.7 Å². The molecule has 4 rings (SSSR count). The second-order valence-electron chi connectivity index (χ2n) is 7.13. The van der Waals surface area contributed by atoms with Crippen LogP contribution in [0.2, 0.25) is 0 Å². The maximum absolute atomic E-state index is 12.4. The summed E-state index contributed by atoms with van der Waals surface area (Å²) in [4.78, 5) is 11.9. The fourth-order valence-corrected chi connectivity index (χ4v) is 4.32. The van der Waals surface area contributed by atoms with Crippen molar-refractivity contribution in [3.63, 3.8) is 0 Å². The first kappa shape index (κ1) is 20.8. The molecular formula is C24H21NO5S. The highest BCUT2D eigenvalue weighted by molar-refractivity contribution is 7.86. The molecular weight excluding hydrogens is 414 g/mol. The van der Waals surface area contributed by atoms with Gasteiger partial charge in [0.1, 0.15) is 17.3 Å². The number of ether oxygens (including phenoxy) is 1. The minimum atomic E-state index is -4.01. The second kappa shape index (κ2) is 9.14. The van der Waals surface area contributed by atoms with E-state index in [1.807, 2.05) is 30.3 Å². The van der Waals surface area contributed by atoms with E-state index in [4.69, 9.17) is 9.02 Å². The number of aldehydes is 1. The van der Waals surface area contributed by atoms with Gasteiger partial charge in [-0.05, 0) is 54.7 Å². The Morgan fingerprint density at radius 1 is 0.903 bits per heavy atom. The van der Waals surface area contributed by atoms with Crippen molar-refractivity contribution in [3.8, 4) is 5.75 Å². The van der Waals surface area contributed by atoms with Crippen LogP contribution in [0.5, 0.6) is 5.75 Å². The molecule has 0 atom stereocenters. The van der Waals surface area contributed by atoms with E-state index < -0.39 is 10.1 Å². The summed E-state index contributed by atoms with van der Waals surface area (Å²) in [6.07, 6.45) is 2.74. The van der Waals surface area contributed by atoms with Crippen LogP contribution < -0.4 is 4.74 Å². The molecule has 0 N–H and O–H groups in total. The summed E-state index contributed by atoms with van der Waals surface area (Å²) in [7, 11) is -4.01. The van der Waals surface area contributed by atoms with E-state index in [-0.39, 0.29) is 4.90 Å². The van der Waals surface area contributed by atoms with Crippen LogP contribution in [-0.4, -0.2) is 20.4 Å². The largest absolute Gasteiger partial charge is 0.488 e. The van der Waals surface area contributed by atoms with Gasteiger partial charge < -0.3 is 4.74 Å². The number of benzene rings is 3. The quantitative estimate of drug-likeness (QED) is 0.402. The van der Waals surface area contributed by atoms with Gasteiger partial charge in [-0.2, -0.15) is 8.42 Å². The number of fused-ring (bicyclic) bond motifs is 1. The van der Waals surface area contributed by atoms with Gasteiger partial charge in [-0.15, -0.1) is 0 Å². The number of hydrogen-bond acceptors (Lipinski definition) is 6. The van der Waals surface area contributed by atoms with Gasteiger partial charge in [0.2, 0.25) is 0 Å². The molecule has 0 heterocycles. The molecule has 31 heavy (non-hydrogen) atoms. The molecule has 0 saturated heterocycles. The van der Waals surface area contributed by atoms with E-state index in [2.05, 4.69) is 5.16 Å². The van der Waals surface area contributed by atoms with E-state index in [1.54, 1.807) is 30.3 Å². The summed E-state index contributed by atoms with van der Waals surface area (Å²) in [5.41, 5.74) is 3.47. The first-order valence-corrected chi connectivity index (χ1v) is 11.3. The Hall–Kier alpha value is -3.45. The molecule has 0 aliphatic heterocycles. The van der Waals surface area contributed by atoms with Crippen LogP contribution in [0.4, 0.5) is 0 Å². The van der Waals surface area contributed by atoms with Gasteiger partial charge in [0, 0.05) is 5.56 Å². The fourth-order valence-electron chi connectivity index (χ4n) is 3.56. The van der Waals surface area contributed by atoms with Crippen LogP contribution in [-0.2, 0) is 27.4 Å². The van der Waals surface area contributed by atoms with Crippen LogP contribution in [0.3, 0.4) is 0 Å². The molecule has 7 heteroatoms. The van der Waals surface area contributed by atoms with Gasteiger partial charge in [0.05, 0.1) is 11.3 Å². The molecule has 1 aliphatic rings. The van der Waals surface area contributed by atoms with Gasteiger partial charge in [0.15, 0.2) is 6.29 Å². The SMILES string of the molecule is O=Cc1c(OCc2ccccc2)ccc2c1CCCC2=NOS(=O)(=O)c1ccccc1. The molecule has 0 unspecified atom stereocenters. The van der Waals surface area contributed by atoms with E-state index in [0.717, 1.165) is 23.8 Å². The third-order valence-electron chi connectivity index (χ3n) is 5.10. The lowest BCUT2D eigenvalue weighted by atomic mass is 9.87. The van der Waals surface area contributed by atoms with Crippen LogP contribution in [0.15, 0.2) is 82.8 Å². The first-order valence-electron chi connectivity index (χ1n) is 9.92. The highest BCUT2D eigenvalue weighted by atomic mass is 32.2. The zero-order valence-corrected chi connectivity index (χ0v) is 17.5. The van der Waals surface area contributed by atoms with Crippen molar-refractivity contribution in [3.05, 3.63) is 95.1 Å². The molecule has 0 aromatic heterocycles. The predicted octanol–water partition coefficient (Wildman–Crippen LogP) is 4.52. The Balaban J connectivity index is 1.60. The lowest BCUT2D eigenvalue weighted by Gasteiger charge is -2.21. The maximum atomic E-state index is 12.4. The third kappa shape index (κ3) is 4.67. The summed E-state index contributed by atoms with van der Waals surface area (Å²) < 4.78 is 35.6. The van der Waals surface area contributed by atoms with Crippen molar-refractivity contribution in [1.82, 2.24) is 0 Å². The topological polar surface area (TPSA) is 82.0 Å². The van der Waals surface area contributed by atoms with Crippen molar-refractivity contribution >= 4 is 22.1 Å². The van der Waals surface area contributed by atoms with Crippen LogP contribution in [0.1, 0.15) is 39.9 Å². The number of oxime groups is 1. The van der Waals surface area contributed by atoms with E-state index in [0.29, 0.717) is 42.0 Å². The molecule has 6 nitrogen and oxygen atoms in total. The van der Waals surface area contributed by atoms with Crippen LogP contribution in [0.25, 0.3) is 0 Å². The van der Waals surface area contributed by atoms with Crippen molar-refractivity contribution in [2.24, 2.45) is 5.16 Å². The molecule has 0 fully saturated rings. The summed E-state index contributed by atoms with van der Waals surface area (Å²) in [6, 6.07) is 21.1. The summed E-state index contributed by atoms with van der Waals surface area (Å²) >= 11 is 0. The van der Waals surface area contributed by atoms with Crippen LogP contribution >= 0.6 is 0 Å². The van der Waals surface area contributed by atoms with Crippen LogP contribution in [0, 0.1) is 0 Å². The lowest BCUT2D eigenvalue weighted by molar-refractivity contribution is 0.111. The number of carbonyl (C=O) groups excluding carboxylic acids is 1. The predicted molar refractivity (Wildman–Crippen MR) is 117 cm³/mol. The van der Waals surface area contributed by atoms with Crippen molar-refractivity contribution in [2.45, 2.75) is 30.8 Å². The Kier molecular flexibility index (Phi) is 6.13. The fraction of sp³-hybridized carbons (Fsp3) is 0.167. The Bertz CT molecular complexity index is 1210. The van der Waals surface area contributed by atoms with E-state index in [1.165, 1.54) is 12.1 Å². The summed E-state index contributed by atoms with van der Waals surface area (Å²) in [5.74, 6) is 0.497. The van der Waals surface area contributed by atoms with E-state index >= 15 is 0 Å². The lowest BCUT2D eigenvalue weighted by Crippen LogP contribution is -2.16. The zero-order chi connectivity index (χ0) is 21.7. The van der Waals surface area contributed by atoms with Crippen molar-refractivity contribution in [2.75, 3.05) is 0 Å². The Labute approximate surface area is 181 Å². The van der Waals surface area contributed by atoms with Gasteiger partial charge in [-0.25, -0.2) is 0 Å². The number of hydrogen-bond donors (Lipinski definition) is 0. The van der Waals surface area contributed by atoms with Crippen molar-refractivity contribution in [1.29, 1.82) is 0 Å². The third-order valence-corrected chi connectivity index (χ3v) is 6.22.